The lowest BCUT2D eigenvalue weighted by Crippen LogP contribution is -2.52. The van der Waals surface area contributed by atoms with Crippen LogP contribution in [0.15, 0.2) is 30.3 Å². The SMILES string of the molecule is CCN1CCCCC1C(=O)N1CCC(C(O)c2ccccc2)CC1. The topological polar surface area (TPSA) is 43.8 Å². The first-order chi connectivity index (χ1) is 11.7. The summed E-state index contributed by atoms with van der Waals surface area (Å²) in [6.45, 7) is 5.71. The number of carbonyl (C=O) groups excluding carboxylic acids is 1. The van der Waals surface area contributed by atoms with E-state index >= 15 is 0 Å². The highest BCUT2D eigenvalue weighted by Crippen LogP contribution is 2.31. The molecule has 1 amide bonds. The summed E-state index contributed by atoms with van der Waals surface area (Å²) in [5, 5.41) is 10.6. The number of aliphatic hydroxyl groups is 1. The van der Waals surface area contributed by atoms with Crippen LogP contribution in [0.25, 0.3) is 0 Å². The van der Waals surface area contributed by atoms with E-state index in [-0.39, 0.29) is 12.0 Å². The van der Waals surface area contributed by atoms with Crippen molar-refractivity contribution in [1.82, 2.24) is 9.80 Å². The summed E-state index contributed by atoms with van der Waals surface area (Å²) in [4.78, 5) is 17.3. The van der Waals surface area contributed by atoms with Crippen molar-refractivity contribution in [3.8, 4) is 0 Å². The Hall–Kier alpha value is -1.39. The van der Waals surface area contributed by atoms with E-state index in [0.29, 0.717) is 5.91 Å². The third-order valence-electron chi connectivity index (χ3n) is 5.74. The smallest absolute Gasteiger partial charge is 0.239 e. The molecule has 0 aromatic heterocycles. The monoisotopic (exact) mass is 330 g/mol. The Labute approximate surface area is 145 Å². The third-order valence-corrected chi connectivity index (χ3v) is 5.74. The number of benzene rings is 1. The van der Waals surface area contributed by atoms with E-state index in [1.807, 2.05) is 35.2 Å². The van der Waals surface area contributed by atoms with Crippen molar-refractivity contribution >= 4 is 5.91 Å². The van der Waals surface area contributed by atoms with Crippen molar-refractivity contribution in [3.05, 3.63) is 35.9 Å². The van der Waals surface area contributed by atoms with Gasteiger partial charge in [0.2, 0.25) is 5.91 Å². The van der Waals surface area contributed by atoms with Crippen LogP contribution >= 0.6 is 0 Å². The molecule has 2 fully saturated rings. The van der Waals surface area contributed by atoms with Crippen LogP contribution in [-0.2, 0) is 4.79 Å². The molecule has 132 valence electrons. The third kappa shape index (κ3) is 3.81. The molecule has 1 aromatic rings. The standard InChI is InChI=1S/C20H30N2O2/c1-2-21-13-7-6-10-18(21)20(24)22-14-11-17(12-15-22)19(23)16-8-4-3-5-9-16/h3-5,8-9,17-19,23H,2,6-7,10-15H2,1H3. The number of piperidine rings is 2. The van der Waals surface area contributed by atoms with Crippen LogP contribution < -0.4 is 0 Å². The minimum Gasteiger partial charge on any atom is -0.388 e. The molecule has 0 radical (unpaired) electrons. The summed E-state index contributed by atoms with van der Waals surface area (Å²) in [6.07, 6.45) is 4.74. The van der Waals surface area contributed by atoms with Crippen LogP contribution in [0.2, 0.25) is 0 Å². The number of carbonyl (C=O) groups is 1. The van der Waals surface area contributed by atoms with E-state index in [1.54, 1.807) is 0 Å². The summed E-state index contributed by atoms with van der Waals surface area (Å²) >= 11 is 0. The van der Waals surface area contributed by atoms with Gasteiger partial charge < -0.3 is 10.0 Å². The molecule has 24 heavy (non-hydrogen) atoms. The molecule has 2 saturated heterocycles. The highest BCUT2D eigenvalue weighted by molar-refractivity contribution is 5.82. The van der Waals surface area contributed by atoms with E-state index < -0.39 is 6.10 Å². The van der Waals surface area contributed by atoms with E-state index in [1.165, 1.54) is 6.42 Å². The number of rotatable bonds is 4. The van der Waals surface area contributed by atoms with E-state index in [2.05, 4.69) is 11.8 Å². The molecule has 0 saturated carbocycles. The molecular weight excluding hydrogens is 300 g/mol. The van der Waals surface area contributed by atoms with Gasteiger partial charge in [-0.15, -0.1) is 0 Å². The zero-order chi connectivity index (χ0) is 16.9. The molecule has 4 heteroatoms. The Morgan fingerprint density at radius 3 is 2.50 bits per heavy atom. The first-order valence-electron chi connectivity index (χ1n) is 9.46. The van der Waals surface area contributed by atoms with Gasteiger partial charge >= 0.3 is 0 Å². The van der Waals surface area contributed by atoms with E-state index in [9.17, 15) is 9.90 Å². The van der Waals surface area contributed by atoms with Gasteiger partial charge in [0.1, 0.15) is 0 Å². The molecule has 0 spiro atoms. The summed E-state index contributed by atoms with van der Waals surface area (Å²) < 4.78 is 0. The largest absolute Gasteiger partial charge is 0.388 e. The fraction of sp³-hybridized carbons (Fsp3) is 0.650. The van der Waals surface area contributed by atoms with E-state index in [4.69, 9.17) is 0 Å². The fourth-order valence-electron chi connectivity index (χ4n) is 4.22. The molecule has 2 heterocycles. The maximum Gasteiger partial charge on any atom is 0.239 e. The Kier molecular flexibility index (Phi) is 5.90. The van der Waals surface area contributed by atoms with Crippen molar-refractivity contribution < 1.29 is 9.90 Å². The number of hydrogen-bond acceptors (Lipinski definition) is 3. The van der Waals surface area contributed by atoms with Gasteiger partial charge in [0.25, 0.3) is 0 Å². The van der Waals surface area contributed by atoms with Gasteiger partial charge in [-0.1, -0.05) is 43.7 Å². The van der Waals surface area contributed by atoms with Crippen LogP contribution in [0.3, 0.4) is 0 Å². The summed E-state index contributed by atoms with van der Waals surface area (Å²) in [5.41, 5.74) is 0.992. The summed E-state index contributed by atoms with van der Waals surface area (Å²) in [7, 11) is 0. The Morgan fingerprint density at radius 1 is 1.12 bits per heavy atom. The Morgan fingerprint density at radius 2 is 1.83 bits per heavy atom. The molecule has 2 atom stereocenters. The highest BCUT2D eigenvalue weighted by Gasteiger charge is 2.34. The predicted molar refractivity (Wildman–Crippen MR) is 95.6 cm³/mol. The molecular formula is C20H30N2O2. The quantitative estimate of drug-likeness (QED) is 0.923. The molecule has 1 aromatic carbocycles. The van der Waals surface area contributed by atoms with Crippen LogP contribution in [0.1, 0.15) is 50.7 Å². The number of nitrogens with zero attached hydrogens (tertiary/aromatic N) is 2. The van der Waals surface area contributed by atoms with E-state index in [0.717, 1.165) is 57.4 Å². The Balaban J connectivity index is 1.55. The summed E-state index contributed by atoms with van der Waals surface area (Å²) in [6, 6.07) is 9.98. The van der Waals surface area contributed by atoms with Gasteiger partial charge in [-0.05, 0) is 50.3 Å². The number of likely N-dealkylation sites (tertiary alicyclic amines) is 2. The van der Waals surface area contributed by atoms with Crippen LogP contribution in [-0.4, -0.2) is 53.0 Å². The maximum absolute atomic E-state index is 12.9. The number of likely N-dealkylation sites (N-methyl/N-ethyl adjacent to an activating group) is 1. The van der Waals surface area contributed by atoms with Crippen molar-refractivity contribution in [2.75, 3.05) is 26.2 Å². The molecule has 1 N–H and O–H groups in total. The lowest BCUT2D eigenvalue weighted by molar-refractivity contribution is -0.140. The number of aliphatic hydroxyl groups excluding tert-OH is 1. The van der Waals surface area contributed by atoms with Crippen LogP contribution in [0.5, 0.6) is 0 Å². The van der Waals surface area contributed by atoms with Crippen LogP contribution in [0.4, 0.5) is 0 Å². The first-order valence-corrected chi connectivity index (χ1v) is 9.46. The van der Waals surface area contributed by atoms with Crippen molar-refractivity contribution in [2.45, 2.75) is 51.2 Å². The average molecular weight is 330 g/mol. The second kappa shape index (κ2) is 8.13. The van der Waals surface area contributed by atoms with Gasteiger partial charge in [0, 0.05) is 13.1 Å². The second-order valence-corrected chi connectivity index (χ2v) is 7.16. The highest BCUT2D eigenvalue weighted by atomic mass is 16.3. The molecule has 4 nitrogen and oxygen atoms in total. The molecule has 2 aliphatic heterocycles. The van der Waals surface area contributed by atoms with Gasteiger partial charge in [-0.25, -0.2) is 0 Å². The molecule has 0 aliphatic carbocycles. The molecule has 2 unspecified atom stereocenters. The van der Waals surface area contributed by atoms with Gasteiger partial charge in [-0.3, -0.25) is 9.69 Å². The number of amides is 1. The predicted octanol–water partition coefficient (Wildman–Crippen LogP) is 2.83. The fourth-order valence-corrected chi connectivity index (χ4v) is 4.22. The number of hydrogen-bond donors (Lipinski definition) is 1. The van der Waals surface area contributed by atoms with Crippen molar-refractivity contribution in [2.24, 2.45) is 5.92 Å². The first kappa shape index (κ1) is 17.4. The van der Waals surface area contributed by atoms with Gasteiger partial charge in [0.05, 0.1) is 12.1 Å². The summed E-state index contributed by atoms with van der Waals surface area (Å²) in [5.74, 6) is 0.564. The minimum atomic E-state index is -0.412. The zero-order valence-electron chi connectivity index (χ0n) is 14.7. The lowest BCUT2D eigenvalue weighted by atomic mass is 9.87. The average Bonchev–Trinajstić information content (AvgIpc) is 2.67. The molecule has 2 aliphatic rings. The molecule has 3 rings (SSSR count). The zero-order valence-corrected chi connectivity index (χ0v) is 14.7. The van der Waals surface area contributed by atoms with Crippen LogP contribution in [0, 0.1) is 5.92 Å². The Bertz CT molecular complexity index is 526. The van der Waals surface area contributed by atoms with Crippen molar-refractivity contribution in [3.63, 3.8) is 0 Å². The van der Waals surface area contributed by atoms with Gasteiger partial charge in [-0.2, -0.15) is 0 Å². The second-order valence-electron chi connectivity index (χ2n) is 7.16. The maximum atomic E-state index is 12.9. The van der Waals surface area contributed by atoms with Gasteiger partial charge in [0.15, 0.2) is 0 Å². The molecule has 0 bridgehead atoms. The lowest BCUT2D eigenvalue weighted by Gasteiger charge is -2.40. The normalized spacial score (nSPS) is 24.8. The van der Waals surface area contributed by atoms with Crippen molar-refractivity contribution in [1.29, 1.82) is 0 Å². The minimum absolute atomic E-state index is 0.0827.